The normalized spacial score (nSPS) is 10.7. The van der Waals surface area contributed by atoms with Gasteiger partial charge in [-0.2, -0.15) is 5.26 Å². The molecule has 0 saturated carbocycles. The quantitative estimate of drug-likeness (QED) is 0.520. The van der Waals surface area contributed by atoms with Gasteiger partial charge in [0.15, 0.2) is 0 Å². The van der Waals surface area contributed by atoms with Crippen LogP contribution in [0.4, 0.5) is 11.5 Å². The molecule has 4 rings (SSSR count). The van der Waals surface area contributed by atoms with E-state index in [9.17, 15) is 5.26 Å². The first-order valence-electron chi connectivity index (χ1n) is 8.23. The second-order valence-corrected chi connectivity index (χ2v) is 6.99. The van der Waals surface area contributed by atoms with Crippen molar-refractivity contribution in [3.05, 3.63) is 70.9 Å². The summed E-state index contributed by atoms with van der Waals surface area (Å²) < 4.78 is 0. The molecule has 2 aromatic heterocycles. The fourth-order valence-electron chi connectivity index (χ4n) is 2.91. The number of para-hydroxylation sites is 1. The Balaban J connectivity index is 1.87. The highest BCUT2D eigenvalue weighted by atomic mass is 32.1. The standard InChI is InChI=1S/C21H16N4S/c1-13-7-8-15(9-14(13)2)17-11-26-21-19(17)20(23-12-24-21)25-18-6-4-3-5-16(18)10-22/h3-9,11-12H,1-2H3,(H,23,24,25). The molecule has 2 aromatic carbocycles. The van der Waals surface area contributed by atoms with Gasteiger partial charge >= 0.3 is 0 Å². The van der Waals surface area contributed by atoms with Gasteiger partial charge in [0.2, 0.25) is 0 Å². The Morgan fingerprint density at radius 1 is 1.04 bits per heavy atom. The maximum atomic E-state index is 9.34. The van der Waals surface area contributed by atoms with Crippen LogP contribution in [0.2, 0.25) is 0 Å². The van der Waals surface area contributed by atoms with Gasteiger partial charge in [-0.1, -0.05) is 30.3 Å². The third kappa shape index (κ3) is 2.81. The lowest BCUT2D eigenvalue weighted by Gasteiger charge is -2.10. The minimum Gasteiger partial charge on any atom is -0.338 e. The van der Waals surface area contributed by atoms with E-state index in [4.69, 9.17) is 0 Å². The van der Waals surface area contributed by atoms with Crippen LogP contribution in [0.1, 0.15) is 16.7 Å². The van der Waals surface area contributed by atoms with Crippen LogP contribution in [0.3, 0.4) is 0 Å². The highest BCUT2D eigenvalue weighted by Gasteiger charge is 2.14. The van der Waals surface area contributed by atoms with Crippen LogP contribution in [-0.4, -0.2) is 9.97 Å². The molecule has 0 atom stereocenters. The summed E-state index contributed by atoms with van der Waals surface area (Å²) >= 11 is 1.60. The molecule has 26 heavy (non-hydrogen) atoms. The summed E-state index contributed by atoms with van der Waals surface area (Å²) in [4.78, 5) is 9.79. The summed E-state index contributed by atoms with van der Waals surface area (Å²) in [6.45, 7) is 4.23. The topological polar surface area (TPSA) is 61.6 Å². The number of hydrogen-bond donors (Lipinski definition) is 1. The first-order valence-corrected chi connectivity index (χ1v) is 9.11. The number of nitrogens with zero attached hydrogens (tertiary/aromatic N) is 3. The smallest absolute Gasteiger partial charge is 0.143 e. The summed E-state index contributed by atoms with van der Waals surface area (Å²) in [5.41, 5.74) is 6.10. The number of anilines is 2. The minimum absolute atomic E-state index is 0.585. The predicted octanol–water partition coefficient (Wildman–Crippen LogP) is 5.59. The molecule has 0 aliphatic carbocycles. The Morgan fingerprint density at radius 2 is 1.88 bits per heavy atom. The molecular weight excluding hydrogens is 340 g/mol. The first-order chi connectivity index (χ1) is 12.7. The van der Waals surface area contributed by atoms with Crippen molar-refractivity contribution in [3.8, 4) is 17.2 Å². The number of nitrogens with one attached hydrogen (secondary N) is 1. The minimum atomic E-state index is 0.585. The van der Waals surface area contributed by atoms with Crippen molar-refractivity contribution in [2.45, 2.75) is 13.8 Å². The van der Waals surface area contributed by atoms with Crippen LogP contribution >= 0.6 is 11.3 Å². The van der Waals surface area contributed by atoms with Crippen molar-refractivity contribution in [1.82, 2.24) is 9.97 Å². The maximum Gasteiger partial charge on any atom is 0.143 e. The van der Waals surface area contributed by atoms with Crippen molar-refractivity contribution in [1.29, 1.82) is 5.26 Å². The van der Waals surface area contributed by atoms with Crippen molar-refractivity contribution in [3.63, 3.8) is 0 Å². The van der Waals surface area contributed by atoms with E-state index in [-0.39, 0.29) is 0 Å². The lowest BCUT2D eigenvalue weighted by molar-refractivity contribution is 1.23. The molecule has 0 unspecified atom stereocenters. The molecule has 4 nitrogen and oxygen atoms in total. The summed E-state index contributed by atoms with van der Waals surface area (Å²) in [7, 11) is 0. The zero-order valence-corrected chi connectivity index (χ0v) is 15.3. The number of aromatic nitrogens is 2. The van der Waals surface area contributed by atoms with Gasteiger partial charge in [0.05, 0.1) is 16.6 Å². The van der Waals surface area contributed by atoms with Gasteiger partial charge in [-0.05, 0) is 42.7 Å². The summed E-state index contributed by atoms with van der Waals surface area (Å²) in [6.07, 6.45) is 1.56. The predicted molar refractivity (Wildman–Crippen MR) is 107 cm³/mol. The van der Waals surface area contributed by atoms with Gasteiger partial charge < -0.3 is 5.32 Å². The Bertz CT molecular complexity index is 1150. The van der Waals surface area contributed by atoms with Crippen LogP contribution in [0.5, 0.6) is 0 Å². The zero-order chi connectivity index (χ0) is 18.1. The molecule has 4 aromatic rings. The van der Waals surface area contributed by atoms with Crippen LogP contribution in [0.15, 0.2) is 54.2 Å². The number of hydrogen-bond acceptors (Lipinski definition) is 5. The highest BCUT2D eigenvalue weighted by Crippen LogP contribution is 2.38. The Kier molecular flexibility index (Phi) is 4.11. The third-order valence-corrected chi connectivity index (χ3v) is 5.38. The summed E-state index contributed by atoms with van der Waals surface area (Å²) in [6, 6.07) is 16.1. The molecule has 0 bridgehead atoms. The SMILES string of the molecule is Cc1ccc(-c2csc3ncnc(Nc4ccccc4C#N)c23)cc1C. The Morgan fingerprint density at radius 3 is 2.69 bits per heavy atom. The molecule has 0 saturated heterocycles. The second-order valence-electron chi connectivity index (χ2n) is 6.13. The van der Waals surface area contributed by atoms with E-state index in [1.807, 2.05) is 18.2 Å². The molecule has 1 N–H and O–H groups in total. The van der Waals surface area contributed by atoms with E-state index in [0.717, 1.165) is 27.0 Å². The van der Waals surface area contributed by atoms with Gasteiger partial charge in [-0.3, -0.25) is 0 Å². The van der Waals surface area contributed by atoms with Crippen molar-refractivity contribution >= 4 is 33.1 Å². The lowest BCUT2D eigenvalue weighted by Crippen LogP contribution is -1.97. The van der Waals surface area contributed by atoms with E-state index >= 15 is 0 Å². The van der Waals surface area contributed by atoms with Crippen molar-refractivity contribution in [2.24, 2.45) is 0 Å². The van der Waals surface area contributed by atoms with Gasteiger partial charge in [-0.15, -0.1) is 11.3 Å². The number of aryl methyl sites for hydroxylation is 2. The van der Waals surface area contributed by atoms with Crippen molar-refractivity contribution in [2.75, 3.05) is 5.32 Å². The van der Waals surface area contributed by atoms with Gasteiger partial charge in [0.1, 0.15) is 23.0 Å². The molecule has 0 amide bonds. The Labute approximate surface area is 155 Å². The molecule has 0 fully saturated rings. The van der Waals surface area contributed by atoms with E-state index < -0.39 is 0 Å². The maximum absolute atomic E-state index is 9.34. The van der Waals surface area contributed by atoms with Crippen LogP contribution in [0.25, 0.3) is 21.3 Å². The zero-order valence-electron chi connectivity index (χ0n) is 14.4. The fraction of sp³-hybridized carbons (Fsp3) is 0.0952. The number of fused-ring (bicyclic) bond motifs is 1. The number of thiophene rings is 1. The molecule has 126 valence electrons. The molecule has 0 radical (unpaired) electrons. The van der Waals surface area contributed by atoms with Crippen LogP contribution in [-0.2, 0) is 0 Å². The molecule has 0 spiro atoms. The summed E-state index contributed by atoms with van der Waals surface area (Å²) in [5.74, 6) is 0.715. The second kappa shape index (κ2) is 6.58. The van der Waals surface area contributed by atoms with Gasteiger partial charge in [0.25, 0.3) is 0 Å². The lowest BCUT2D eigenvalue weighted by atomic mass is 10.0. The average Bonchev–Trinajstić information content (AvgIpc) is 3.10. The van der Waals surface area contributed by atoms with Crippen LogP contribution in [0, 0.1) is 25.2 Å². The largest absolute Gasteiger partial charge is 0.338 e. The molecule has 0 aliphatic heterocycles. The molecule has 0 aliphatic rings. The number of benzene rings is 2. The number of nitriles is 1. The van der Waals surface area contributed by atoms with Gasteiger partial charge in [0, 0.05) is 10.9 Å². The van der Waals surface area contributed by atoms with E-state index in [0.29, 0.717) is 11.4 Å². The average molecular weight is 356 g/mol. The van der Waals surface area contributed by atoms with Crippen molar-refractivity contribution < 1.29 is 0 Å². The third-order valence-electron chi connectivity index (χ3n) is 4.49. The van der Waals surface area contributed by atoms with Crippen LogP contribution < -0.4 is 5.32 Å². The number of rotatable bonds is 3. The van der Waals surface area contributed by atoms with E-state index in [2.05, 4.69) is 58.8 Å². The van der Waals surface area contributed by atoms with Gasteiger partial charge in [-0.25, -0.2) is 9.97 Å². The molecular formula is C21H16N4S. The Hall–Kier alpha value is -3.23. The highest BCUT2D eigenvalue weighted by molar-refractivity contribution is 7.17. The fourth-order valence-corrected chi connectivity index (χ4v) is 3.82. The molecule has 2 heterocycles. The summed E-state index contributed by atoms with van der Waals surface area (Å²) in [5, 5.41) is 15.8. The monoisotopic (exact) mass is 356 g/mol. The van der Waals surface area contributed by atoms with E-state index in [1.54, 1.807) is 23.7 Å². The molecule has 5 heteroatoms. The van der Waals surface area contributed by atoms with E-state index in [1.165, 1.54) is 11.1 Å². The first kappa shape index (κ1) is 16.2.